The zero-order chi connectivity index (χ0) is 64.8. The number of benzene rings is 17. The second-order valence-electron chi connectivity index (χ2n) is 24.1. The number of rotatable bonds is 6. The zero-order valence-corrected chi connectivity index (χ0v) is 54.4. The summed E-state index contributed by atoms with van der Waals surface area (Å²) < 4.78 is 13.6. The minimum absolute atomic E-state index is 0.561. The van der Waals surface area contributed by atoms with E-state index in [-0.39, 0.29) is 0 Å². The fourth-order valence-corrected chi connectivity index (χ4v) is 14.6. The van der Waals surface area contributed by atoms with Crippen LogP contribution in [0, 0.1) is 0 Å². The molecule has 19 rings (SSSR count). The summed E-state index contributed by atoms with van der Waals surface area (Å²) in [5.41, 5.74) is 16.4. The van der Waals surface area contributed by atoms with Crippen LogP contribution in [0.2, 0.25) is 0 Å². The number of fused-ring (bicyclic) bond motifs is 15. The Kier molecular flexibility index (Phi) is 15.8. The topological polar surface area (TPSA) is 66.7 Å². The summed E-state index contributed by atoms with van der Waals surface area (Å²) >= 11 is 3.49. The number of halogens is 1. The van der Waals surface area contributed by atoms with Gasteiger partial charge >= 0.3 is 7.12 Å². The summed E-state index contributed by atoms with van der Waals surface area (Å²) in [6.07, 6.45) is 0. The van der Waals surface area contributed by atoms with Crippen LogP contribution in [0.1, 0.15) is 13.8 Å². The van der Waals surface area contributed by atoms with Crippen LogP contribution >= 0.6 is 15.9 Å². The van der Waals surface area contributed by atoms with E-state index in [0.29, 0.717) is 5.46 Å². The smallest absolute Gasteiger partial charge is 0.455 e. The standard InChI is InChI=1S/C42H26O.C24H17BO2.C22H13BrO.C2H6/c1-2-11-29(12-3-1)40-33-14-6-8-16-35(33)41(36-17-9-7-15-34(36)40)30-20-18-27(19-21-30)31-23-25-39-38(26-31)37-24-22-28-10-4-5-13-32(28)42(37)43-39;26-25(27)24-21-11-5-3-9-19(21)23(20-10-4-6-12-22(20)24)18-14-13-16-7-1-2-8-17(16)15-18;23-17-9-5-14(6-10-17)16-8-12-21-20(13-16)19-11-7-15-3-1-2-4-18(15)22(19)24-21;1-2/h1-26H;1-15,26-27H;1-13H;1-2H3. The highest BCUT2D eigenvalue weighted by Gasteiger charge is 2.23. The third-order valence-electron chi connectivity index (χ3n) is 18.7. The molecule has 0 bridgehead atoms. The van der Waals surface area contributed by atoms with Crippen molar-refractivity contribution in [2.75, 3.05) is 0 Å². The lowest BCUT2D eigenvalue weighted by atomic mass is 9.72. The van der Waals surface area contributed by atoms with Gasteiger partial charge in [-0.05, 0) is 180 Å². The molecule has 6 heteroatoms. The summed E-state index contributed by atoms with van der Waals surface area (Å²) in [4.78, 5) is 0. The van der Waals surface area contributed by atoms with Gasteiger partial charge in [-0.15, -0.1) is 0 Å². The van der Waals surface area contributed by atoms with E-state index in [4.69, 9.17) is 8.83 Å². The van der Waals surface area contributed by atoms with Gasteiger partial charge in [0, 0.05) is 36.8 Å². The molecule has 456 valence electrons. The quantitative estimate of drug-likeness (QED) is 0.129. The Morgan fingerprint density at radius 2 is 0.562 bits per heavy atom. The molecule has 96 heavy (non-hydrogen) atoms. The first-order chi connectivity index (χ1) is 47.4. The average Bonchev–Trinajstić information content (AvgIpc) is 0.808. The molecule has 4 nitrogen and oxygen atoms in total. The highest BCUT2D eigenvalue weighted by molar-refractivity contribution is 9.10. The first-order valence-corrected chi connectivity index (χ1v) is 33.5. The van der Waals surface area contributed by atoms with Crippen molar-refractivity contribution >= 4 is 148 Å². The summed E-state index contributed by atoms with van der Waals surface area (Å²) in [6, 6.07) is 115. The van der Waals surface area contributed by atoms with Gasteiger partial charge in [-0.2, -0.15) is 0 Å². The van der Waals surface area contributed by atoms with Crippen LogP contribution in [-0.4, -0.2) is 17.2 Å². The van der Waals surface area contributed by atoms with Crippen LogP contribution < -0.4 is 5.46 Å². The predicted octanol–water partition coefficient (Wildman–Crippen LogP) is 24.7. The maximum Gasteiger partial charge on any atom is 0.489 e. The lowest BCUT2D eigenvalue weighted by molar-refractivity contribution is 0.426. The highest BCUT2D eigenvalue weighted by Crippen LogP contribution is 2.45. The lowest BCUT2D eigenvalue weighted by Gasteiger charge is -2.18. The Balaban J connectivity index is 0.000000118. The molecule has 0 saturated heterocycles. The third kappa shape index (κ3) is 10.7. The van der Waals surface area contributed by atoms with E-state index < -0.39 is 7.12 Å². The molecule has 0 aliphatic carbocycles. The second-order valence-corrected chi connectivity index (χ2v) is 25.0. The molecule has 2 N–H and O–H groups in total. The van der Waals surface area contributed by atoms with Crippen LogP contribution in [0.3, 0.4) is 0 Å². The molecule has 2 heterocycles. The molecule has 0 atom stereocenters. The van der Waals surface area contributed by atoms with Gasteiger partial charge in [0.2, 0.25) is 0 Å². The van der Waals surface area contributed by atoms with Crippen molar-refractivity contribution in [3.63, 3.8) is 0 Å². The first-order valence-electron chi connectivity index (χ1n) is 32.7. The van der Waals surface area contributed by atoms with E-state index >= 15 is 0 Å². The molecule has 0 fully saturated rings. The third-order valence-corrected chi connectivity index (χ3v) is 19.2. The molecule has 2 aromatic heterocycles. The van der Waals surface area contributed by atoms with Gasteiger partial charge < -0.3 is 18.9 Å². The van der Waals surface area contributed by atoms with Crippen LogP contribution in [-0.2, 0) is 0 Å². The molecule has 17 aromatic carbocycles. The zero-order valence-electron chi connectivity index (χ0n) is 52.8. The van der Waals surface area contributed by atoms with Crippen molar-refractivity contribution in [2.45, 2.75) is 13.8 Å². The van der Waals surface area contributed by atoms with Crippen LogP contribution in [0.25, 0.3) is 175 Å². The van der Waals surface area contributed by atoms with E-state index in [1.54, 1.807) is 0 Å². The van der Waals surface area contributed by atoms with E-state index in [1.165, 1.54) is 93.0 Å². The monoisotopic (exact) mass is 1300 g/mol. The number of hydrogen-bond acceptors (Lipinski definition) is 4. The maximum atomic E-state index is 10.1. The van der Waals surface area contributed by atoms with Crippen molar-refractivity contribution in [2.24, 2.45) is 0 Å². The fourth-order valence-electron chi connectivity index (χ4n) is 14.3. The molecular weight excluding hydrogens is 1240 g/mol. The van der Waals surface area contributed by atoms with Crippen LogP contribution in [0.5, 0.6) is 0 Å². The molecule has 0 saturated carbocycles. The van der Waals surface area contributed by atoms with Gasteiger partial charge in [-0.25, -0.2) is 0 Å². The fraction of sp³-hybridized carbons (Fsp3) is 0.0222. The summed E-state index contributed by atoms with van der Waals surface area (Å²) in [5.74, 6) is 0. The number of furan rings is 2. The molecule has 0 aliphatic heterocycles. The van der Waals surface area contributed by atoms with Gasteiger partial charge in [0.05, 0.1) is 0 Å². The highest BCUT2D eigenvalue weighted by atomic mass is 79.9. The molecule has 19 aromatic rings. The molecule has 0 radical (unpaired) electrons. The Morgan fingerprint density at radius 3 is 1.02 bits per heavy atom. The Bertz CT molecular complexity index is 6040. The van der Waals surface area contributed by atoms with Gasteiger partial charge in [0.15, 0.2) is 0 Å². The molecule has 0 unspecified atom stereocenters. The van der Waals surface area contributed by atoms with Crippen molar-refractivity contribution in [3.8, 4) is 55.6 Å². The minimum atomic E-state index is -1.52. The van der Waals surface area contributed by atoms with Crippen molar-refractivity contribution < 1.29 is 18.9 Å². The minimum Gasteiger partial charge on any atom is -0.455 e. The van der Waals surface area contributed by atoms with E-state index in [1.807, 2.05) is 62.4 Å². The first kappa shape index (κ1) is 59.6. The molecular formula is C90H62BBrO4. The van der Waals surface area contributed by atoms with Crippen molar-refractivity contribution in [3.05, 3.63) is 332 Å². The Hall–Kier alpha value is -11.4. The Morgan fingerprint density at radius 1 is 0.240 bits per heavy atom. The summed E-state index contributed by atoms with van der Waals surface area (Å²) in [6.45, 7) is 4.00. The van der Waals surface area contributed by atoms with Gasteiger partial charge in [-0.1, -0.05) is 303 Å². The largest absolute Gasteiger partial charge is 0.489 e. The van der Waals surface area contributed by atoms with E-state index in [0.717, 1.165) is 86.4 Å². The maximum absolute atomic E-state index is 10.1. The number of hydrogen-bond donors (Lipinski definition) is 2. The van der Waals surface area contributed by atoms with Gasteiger partial charge in [-0.3, -0.25) is 0 Å². The van der Waals surface area contributed by atoms with Gasteiger partial charge in [0.25, 0.3) is 0 Å². The van der Waals surface area contributed by atoms with E-state index in [2.05, 4.69) is 295 Å². The van der Waals surface area contributed by atoms with Crippen LogP contribution in [0.4, 0.5) is 0 Å². The predicted molar refractivity (Wildman–Crippen MR) is 412 cm³/mol. The summed E-state index contributed by atoms with van der Waals surface area (Å²) in [7, 11) is -1.52. The average molecular weight is 1300 g/mol. The Labute approximate surface area is 564 Å². The van der Waals surface area contributed by atoms with Crippen molar-refractivity contribution in [1.29, 1.82) is 0 Å². The molecule has 0 amide bonds. The molecule has 0 spiro atoms. The second kappa shape index (κ2) is 25.5. The van der Waals surface area contributed by atoms with Crippen molar-refractivity contribution in [1.82, 2.24) is 0 Å². The SMILES string of the molecule is Brc1ccc(-c2ccc3oc4c5ccccc5ccc4c3c2)cc1.CC.OB(O)c1c2ccccc2c(-c2ccc3ccccc3c2)c2ccccc12.c1ccc(-c2c3ccccc3c(-c3ccc(-c4ccc5oc6c7ccccc7ccc6c5c4)cc3)c3ccccc23)cc1. The van der Waals surface area contributed by atoms with Crippen LogP contribution in [0.15, 0.2) is 341 Å². The van der Waals surface area contributed by atoms with E-state index in [9.17, 15) is 10.0 Å². The molecule has 0 aliphatic rings. The summed E-state index contributed by atoms with van der Waals surface area (Å²) in [5, 5.41) is 40.8. The van der Waals surface area contributed by atoms with Gasteiger partial charge in [0.1, 0.15) is 22.3 Å². The normalized spacial score (nSPS) is 11.4. The lowest BCUT2D eigenvalue weighted by Crippen LogP contribution is -2.31.